The van der Waals surface area contributed by atoms with Crippen molar-refractivity contribution in [3.8, 4) is 0 Å². The van der Waals surface area contributed by atoms with E-state index in [0.29, 0.717) is 44.6 Å². The molecule has 0 aromatic heterocycles. The van der Waals surface area contributed by atoms with Crippen LogP contribution >= 0.6 is 0 Å². The van der Waals surface area contributed by atoms with Gasteiger partial charge < -0.3 is 9.84 Å². The number of ether oxygens (including phenoxy) is 1. The first-order valence-corrected chi connectivity index (χ1v) is 13.3. The number of likely N-dealkylation sites (tertiary alicyclic amines) is 1. The summed E-state index contributed by atoms with van der Waals surface area (Å²) in [6.45, 7) is 2.32. The number of nitrogens with one attached hydrogen (secondary N) is 1. The standard InChI is InChI=1S/C28H32F7N3O3/c29-23-5-3-20(4-6-23)26(7-11-38(12-8-26)36-25(40)16-37-9-1-2-10-37)18-41-17-24(39)19-13-21(27(30,31)32)15-22(14-19)28(33,34)35/h3-6,13-15,24,39H,1-2,7-12,16-18H2,(H,36,40). The second kappa shape index (κ2) is 12.6. The zero-order valence-electron chi connectivity index (χ0n) is 22.2. The average molecular weight is 592 g/mol. The number of hydrazine groups is 1. The van der Waals surface area contributed by atoms with Crippen LogP contribution in [0, 0.1) is 5.82 Å². The molecule has 2 aliphatic rings. The summed E-state index contributed by atoms with van der Waals surface area (Å²) in [7, 11) is 0. The molecule has 2 heterocycles. The Kier molecular flexibility index (Phi) is 9.62. The highest BCUT2D eigenvalue weighted by Gasteiger charge is 2.39. The van der Waals surface area contributed by atoms with Crippen molar-refractivity contribution in [3.63, 3.8) is 0 Å². The summed E-state index contributed by atoms with van der Waals surface area (Å²) >= 11 is 0. The third kappa shape index (κ3) is 8.18. The SMILES string of the molecule is O=C(CN1CCCC1)NN1CCC(COCC(O)c2cc(C(F)(F)F)cc(C(F)(F)F)c2)(c2ccc(F)cc2)CC1. The van der Waals surface area contributed by atoms with Crippen LogP contribution in [0.1, 0.15) is 54.0 Å². The van der Waals surface area contributed by atoms with Crippen molar-refractivity contribution in [2.24, 2.45) is 0 Å². The lowest BCUT2D eigenvalue weighted by Crippen LogP contribution is -2.53. The predicted octanol–water partition coefficient (Wildman–Crippen LogP) is 5.07. The van der Waals surface area contributed by atoms with E-state index in [2.05, 4.69) is 10.3 Å². The molecule has 1 atom stereocenters. The molecule has 0 radical (unpaired) electrons. The number of piperidine rings is 1. The number of hydrogen-bond acceptors (Lipinski definition) is 5. The van der Waals surface area contributed by atoms with Crippen molar-refractivity contribution in [1.82, 2.24) is 15.3 Å². The van der Waals surface area contributed by atoms with Crippen LogP contribution in [-0.4, -0.2) is 66.9 Å². The molecule has 226 valence electrons. The fourth-order valence-electron chi connectivity index (χ4n) is 5.36. The molecule has 0 spiro atoms. The van der Waals surface area contributed by atoms with Gasteiger partial charge in [-0.05, 0) is 80.2 Å². The molecule has 2 saturated heterocycles. The summed E-state index contributed by atoms with van der Waals surface area (Å²) in [5, 5.41) is 12.3. The Hall–Kier alpha value is -2.74. The van der Waals surface area contributed by atoms with E-state index in [0.717, 1.165) is 31.5 Å². The van der Waals surface area contributed by atoms with Gasteiger partial charge in [-0.1, -0.05) is 12.1 Å². The van der Waals surface area contributed by atoms with E-state index in [4.69, 9.17) is 4.74 Å². The van der Waals surface area contributed by atoms with Gasteiger partial charge in [-0.2, -0.15) is 26.3 Å². The topological polar surface area (TPSA) is 65.0 Å². The number of benzene rings is 2. The molecule has 2 aliphatic heterocycles. The number of alkyl halides is 6. The number of aliphatic hydroxyl groups excluding tert-OH is 1. The van der Waals surface area contributed by atoms with E-state index in [1.807, 2.05) is 0 Å². The molecule has 13 heteroatoms. The van der Waals surface area contributed by atoms with Gasteiger partial charge >= 0.3 is 12.4 Å². The van der Waals surface area contributed by atoms with Crippen molar-refractivity contribution >= 4 is 5.91 Å². The highest BCUT2D eigenvalue weighted by Crippen LogP contribution is 2.39. The Morgan fingerprint density at radius 1 is 0.927 bits per heavy atom. The molecular weight excluding hydrogens is 559 g/mol. The van der Waals surface area contributed by atoms with E-state index in [9.17, 15) is 40.6 Å². The molecule has 0 aliphatic carbocycles. The summed E-state index contributed by atoms with van der Waals surface area (Å²) < 4.78 is 98.8. The van der Waals surface area contributed by atoms with Crippen molar-refractivity contribution in [1.29, 1.82) is 0 Å². The summed E-state index contributed by atoms with van der Waals surface area (Å²) in [6.07, 6.45) is -8.80. The lowest BCUT2D eigenvalue weighted by molar-refractivity contribution is -0.143. The Labute approximate surface area is 233 Å². The van der Waals surface area contributed by atoms with E-state index in [1.165, 1.54) is 12.1 Å². The maximum Gasteiger partial charge on any atom is 0.416 e. The van der Waals surface area contributed by atoms with Crippen LogP contribution in [0.15, 0.2) is 42.5 Å². The summed E-state index contributed by atoms with van der Waals surface area (Å²) in [5.41, 5.74) is -0.672. The largest absolute Gasteiger partial charge is 0.416 e. The molecule has 2 aromatic rings. The zero-order chi connectivity index (χ0) is 29.8. The van der Waals surface area contributed by atoms with Gasteiger partial charge in [0.25, 0.3) is 0 Å². The minimum atomic E-state index is -5.04. The molecule has 6 nitrogen and oxygen atoms in total. The smallest absolute Gasteiger partial charge is 0.386 e. The molecule has 2 N–H and O–H groups in total. The van der Waals surface area contributed by atoms with Gasteiger partial charge in [0.2, 0.25) is 5.91 Å². The monoisotopic (exact) mass is 591 g/mol. The van der Waals surface area contributed by atoms with Gasteiger partial charge in [-0.3, -0.25) is 15.1 Å². The number of carbonyl (C=O) groups is 1. The van der Waals surface area contributed by atoms with Crippen LogP contribution in [0.5, 0.6) is 0 Å². The second-order valence-electron chi connectivity index (χ2n) is 10.7. The average Bonchev–Trinajstić information content (AvgIpc) is 3.42. The van der Waals surface area contributed by atoms with Crippen LogP contribution in [0.3, 0.4) is 0 Å². The Morgan fingerprint density at radius 3 is 2.02 bits per heavy atom. The number of rotatable bonds is 9. The molecule has 0 saturated carbocycles. The van der Waals surface area contributed by atoms with Crippen molar-refractivity contribution in [2.75, 3.05) is 45.9 Å². The molecule has 41 heavy (non-hydrogen) atoms. The number of halogens is 7. The first-order valence-electron chi connectivity index (χ1n) is 13.3. The Bertz CT molecular complexity index is 1140. The highest BCUT2D eigenvalue weighted by atomic mass is 19.4. The molecule has 1 unspecified atom stereocenters. The molecule has 1 amide bonds. The van der Waals surface area contributed by atoms with Crippen LogP contribution in [0.4, 0.5) is 30.7 Å². The minimum absolute atomic E-state index is 0.00168. The third-order valence-corrected chi connectivity index (χ3v) is 7.67. The number of nitrogens with zero attached hydrogens (tertiary/aromatic N) is 2. The van der Waals surface area contributed by atoms with Gasteiger partial charge in [-0.15, -0.1) is 0 Å². The van der Waals surface area contributed by atoms with Crippen molar-refractivity contribution in [2.45, 2.75) is 49.6 Å². The Morgan fingerprint density at radius 2 is 1.49 bits per heavy atom. The van der Waals surface area contributed by atoms with Crippen LogP contribution in [0.25, 0.3) is 0 Å². The molecule has 2 fully saturated rings. The van der Waals surface area contributed by atoms with Crippen molar-refractivity contribution < 1.29 is 45.4 Å². The second-order valence-corrected chi connectivity index (χ2v) is 10.7. The fourth-order valence-corrected chi connectivity index (χ4v) is 5.36. The van der Waals surface area contributed by atoms with E-state index < -0.39 is 53.0 Å². The zero-order valence-corrected chi connectivity index (χ0v) is 22.2. The van der Waals surface area contributed by atoms with E-state index in [-0.39, 0.29) is 18.6 Å². The minimum Gasteiger partial charge on any atom is -0.386 e. The van der Waals surface area contributed by atoms with Crippen LogP contribution in [0.2, 0.25) is 0 Å². The molecular formula is C28H32F7N3O3. The number of aliphatic hydroxyl groups is 1. The van der Waals surface area contributed by atoms with Gasteiger partial charge in [0, 0.05) is 18.5 Å². The maximum absolute atomic E-state index is 13.6. The summed E-state index contributed by atoms with van der Waals surface area (Å²) in [6, 6.07) is 6.72. The highest BCUT2D eigenvalue weighted by molar-refractivity contribution is 5.77. The summed E-state index contributed by atoms with van der Waals surface area (Å²) in [5.74, 6) is -0.572. The number of hydrogen-bond donors (Lipinski definition) is 2. The first-order chi connectivity index (χ1) is 19.2. The number of carbonyl (C=O) groups excluding carboxylic acids is 1. The van der Waals surface area contributed by atoms with Gasteiger partial charge in [0.05, 0.1) is 30.9 Å². The quantitative estimate of drug-likeness (QED) is 0.399. The Balaban J connectivity index is 1.43. The third-order valence-electron chi connectivity index (χ3n) is 7.67. The molecule has 0 bridgehead atoms. The normalized spacial score (nSPS) is 19.3. The molecule has 4 rings (SSSR count). The van der Waals surface area contributed by atoms with Crippen LogP contribution < -0.4 is 5.43 Å². The lowest BCUT2D eigenvalue weighted by atomic mass is 9.73. The fraction of sp³-hybridized carbons (Fsp3) is 0.536. The first kappa shape index (κ1) is 31.2. The van der Waals surface area contributed by atoms with Crippen LogP contribution in [-0.2, 0) is 27.3 Å². The van der Waals surface area contributed by atoms with E-state index >= 15 is 0 Å². The maximum atomic E-state index is 13.6. The van der Waals surface area contributed by atoms with Gasteiger partial charge in [0.15, 0.2) is 0 Å². The predicted molar refractivity (Wildman–Crippen MR) is 135 cm³/mol. The van der Waals surface area contributed by atoms with Crippen molar-refractivity contribution in [3.05, 3.63) is 70.5 Å². The molecule has 2 aromatic carbocycles. The summed E-state index contributed by atoms with van der Waals surface area (Å²) in [4.78, 5) is 14.5. The van der Waals surface area contributed by atoms with Gasteiger partial charge in [0.1, 0.15) is 11.9 Å². The number of amides is 1. The van der Waals surface area contributed by atoms with Gasteiger partial charge in [-0.25, -0.2) is 9.40 Å². The van der Waals surface area contributed by atoms with E-state index in [1.54, 1.807) is 17.1 Å². The lowest BCUT2D eigenvalue weighted by Gasteiger charge is -2.42.